The Morgan fingerprint density at radius 3 is 2.52 bits per heavy atom. The van der Waals surface area contributed by atoms with Gasteiger partial charge in [0, 0.05) is 17.8 Å². The van der Waals surface area contributed by atoms with Gasteiger partial charge in [0.15, 0.2) is 0 Å². The van der Waals surface area contributed by atoms with E-state index in [1.807, 2.05) is 0 Å². The monoisotopic (exact) mass is 355 g/mol. The molecule has 2 heterocycles. The largest absolute Gasteiger partial charge is 0.534 e. The maximum absolute atomic E-state index is 12.4. The fraction of sp³-hybridized carbons (Fsp3) is 0.500. The summed E-state index contributed by atoms with van der Waals surface area (Å²) in [5, 5.41) is 0. The highest BCUT2D eigenvalue weighted by atomic mass is 32.2. The zero-order valence-corrected chi connectivity index (χ0v) is 12.8. The molecule has 0 radical (unpaired) electrons. The fourth-order valence-electron chi connectivity index (χ4n) is 2.36. The van der Waals surface area contributed by atoms with Gasteiger partial charge in [-0.25, -0.2) is 4.79 Å². The summed E-state index contributed by atoms with van der Waals surface area (Å²) in [5.41, 5.74) is -6.68. The molecule has 1 atom stereocenters. The topological polar surface area (TPSA) is 91.7 Å². The molecule has 0 saturated heterocycles. The molecule has 23 heavy (non-hydrogen) atoms. The van der Waals surface area contributed by atoms with Crippen molar-refractivity contribution in [3.05, 3.63) is 27.7 Å². The number of aromatic nitrogens is 1. The quantitative estimate of drug-likeness (QED) is 0.462. The molecule has 1 aromatic heterocycles. The molecular formula is C12H12F3NO6S. The first-order valence-electron chi connectivity index (χ1n) is 6.37. The van der Waals surface area contributed by atoms with E-state index in [-0.39, 0.29) is 11.3 Å². The van der Waals surface area contributed by atoms with Crippen LogP contribution in [0, 0.1) is 0 Å². The van der Waals surface area contributed by atoms with E-state index in [1.165, 1.54) is 0 Å². The highest BCUT2D eigenvalue weighted by molar-refractivity contribution is 7.87. The predicted molar refractivity (Wildman–Crippen MR) is 70.7 cm³/mol. The average Bonchev–Trinajstić information content (AvgIpc) is 2.82. The summed E-state index contributed by atoms with van der Waals surface area (Å²) in [6, 6.07) is 0.250. The minimum atomic E-state index is -6.02. The van der Waals surface area contributed by atoms with Crippen molar-refractivity contribution in [1.82, 2.24) is 4.57 Å². The predicted octanol–water partition coefficient (Wildman–Crippen LogP) is 1.37. The number of ether oxygens (including phenoxy) is 1. The maximum atomic E-state index is 12.4. The molecule has 0 fully saturated rings. The fourth-order valence-corrected chi connectivity index (χ4v) is 2.81. The van der Waals surface area contributed by atoms with Crippen LogP contribution in [0.25, 0.3) is 0 Å². The van der Waals surface area contributed by atoms with Crippen LogP contribution in [0.15, 0.2) is 10.9 Å². The van der Waals surface area contributed by atoms with Crippen LogP contribution in [0.2, 0.25) is 0 Å². The van der Waals surface area contributed by atoms with Crippen molar-refractivity contribution in [2.45, 2.75) is 31.3 Å². The number of alkyl halides is 3. The van der Waals surface area contributed by atoms with E-state index >= 15 is 0 Å². The maximum Gasteiger partial charge on any atom is 0.534 e. The summed E-state index contributed by atoms with van der Waals surface area (Å²) in [7, 11) is -4.97. The Hall–Kier alpha value is -2.04. The Morgan fingerprint density at radius 1 is 1.39 bits per heavy atom. The molecule has 0 aliphatic carbocycles. The number of pyridine rings is 1. The van der Waals surface area contributed by atoms with Gasteiger partial charge in [0.25, 0.3) is 5.56 Å². The third-order valence-corrected chi connectivity index (χ3v) is 4.40. The van der Waals surface area contributed by atoms with E-state index in [4.69, 9.17) is 0 Å². The number of carbonyl (C=O) groups is 1. The molecule has 1 unspecified atom stereocenters. The Kier molecular flexibility index (Phi) is 4.18. The van der Waals surface area contributed by atoms with Gasteiger partial charge < -0.3 is 13.5 Å². The van der Waals surface area contributed by atoms with Crippen LogP contribution in [0.4, 0.5) is 13.2 Å². The smallest absolute Gasteiger partial charge is 0.465 e. The van der Waals surface area contributed by atoms with Crippen LogP contribution in [0.5, 0.6) is 5.75 Å². The van der Waals surface area contributed by atoms with E-state index in [0.717, 1.165) is 11.7 Å². The zero-order valence-electron chi connectivity index (χ0n) is 12.0. The van der Waals surface area contributed by atoms with Crippen LogP contribution >= 0.6 is 0 Å². The normalized spacial score (nSPS) is 17.7. The standard InChI is InChI=1S/C12H12F3NO6S/c1-6-3-4-8-7(11(18)21-2)5-9(10(17)16(6)8)22-23(19,20)12(13,14)15/h5-6H,3-4H2,1-2H3. The molecule has 11 heteroatoms. The Morgan fingerprint density at radius 2 is 2.00 bits per heavy atom. The number of esters is 1. The van der Waals surface area contributed by atoms with Gasteiger partial charge in [0.05, 0.1) is 12.7 Å². The van der Waals surface area contributed by atoms with E-state index in [1.54, 1.807) is 6.92 Å². The highest BCUT2D eigenvalue weighted by Gasteiger charge is 2.49. The Labute approximate surface area is 128 Å². The molecule has 1 aromatic rings. The van der Waals surface area contributed by atoms with Crippen LogP contribution < -0.4 is 9.74 Å². The second-order valence-electron chi connectivity index (χ2n) is 4.91. The van der Waals surface area contributed by atoms with Crippen molar-refractivity contribution in [3.63, 3.8) is 0 Å². The van der Waals surface area contributed by atoms with Gasteiger partial charge in [-0.3, -0.25) is 4.79 Å². The third kappa shape index (κ3) is 2.92. The van der Waals surface area contributed by atoms with Crippen LogP contribution in [-0.2, 0) is 21.3 Å². The first-order chi connectivity index (χ1) is 10.5. The van der Waals surface area contributed by atoms with Crippen molar-refractivity contribution < 1.29 is 35.3 Å². The minimum Gasteiger partial charge on any atom is -0.465 e. The number of rotatable bonds is 3. The number of fused-ring (bicyclic) bond motifs is 1. The van der Waals surface area contributed by atoms with Gasteiger partial charge in [0.2, 0.25) is 5.75 Å². The number of nitrogens with zero attached hydrogens (tertiary/aromatic N) is 1. The van der Waals surface area contributed by atoms with E-state index < -0.39 is 38.9 Å². The van der Waals surface area contributed by atoms with Crippen LogP contribution in [-0.4, -0.2) is 31.6 Å². The number of halogens is 3. The van der Waals surface area contributed by atoms with Gasteiger partial charge in [-0.1, -0.05) is 0 Å². The van der Waals surface area contributed by atoms with Crippen LogP contribution in [0.3, 0.4) is 0 Å². The van der Waals surface area contributed by atoms with Gasteiger partial charge in [0.1, 0.15) is 0 Å². The average molecular weight is 355 g/mol. The van der Waals surface area contributed by atoms with Gasteiger partial charge in [-0.15, -0.1) is 0 Å². The SMILES string of the molecule is COC(=O)c1cc(OS(=O)(=O)C(F)(F)F)c(=O)n2c1CCC2C. The second-order valence-corrected chi connectivity index (χ2v) is 6.44. The van der Waals surface area contributed by atoms with Crippen molar-refractivity contribution in [2.24, 2.45) is 0 Å². The second kappa shape index (κ2) is 5.55. The molecule has 1 aliphatic rings. The summed E-state index contributed by atoms with van der Waals surface area (Å²) in [4.78, 5) is 23.9. The van der Waals surface area contributed by atoms with Crippen LogP contribution in [0.1, 0.15) is 35.4 Å². The summed E-state index contributed by atoms with van der Waals surface area (Å²) >= 11 is 0. The number of carbonyl (C=O) groups excluding carboxylic acids is 1. The first-order valence-corrected chi connectivity index (χ1v) is 7.78. The number of hydrogen-bond donors (Lipinski definition) is 0. The molecule has 128 valence electrons. The molecule has 2 rings (SSSR count). The number of methoxy groups -OCH3 is 1. The molecule has 0 bridgehead atoms. The lowest BCUT2D eigenvalue weighted by molar-refractivity contribution is -0.0500. The first kappa shape index (κ1) is 17.3. The molecule has 0 saturated carbocycles. The third-order valence-electron chi connectivity index (χ3n) is 3.43. The summed E-state index contributed by atoms with van der Waals surface area (Å²) in [6.45, 7) is 1.61. The minimum absolute atomic E-state index is 0.205. The van der Waals surface area contributed by atoms with Crippen molar-refractivity contribution in [2.75, 3.05) is 7.11 Å². The Bertz CT molecular complexity index is 811. The zero-order chi connectivity index (χ0) is 17.6. The molecule has 0 amide bonds. The summed E-state index contributed by atoms with van der Waals surface area (Å²) in [6.07, 6.45) is 0.794. The van der Waals surface area contributed by atoms with Gasteiger partial charge >= 0.3 is 21.6 Å². The lowest BCUT2D eigenvalue weighted by Crippen LogP contribution is -2.32. The lowest BCUT2D eigenvalue weighted by Gasteiger charge is -2.15. The molecule has 0 aromatic carbocycles. The summed E-state index contributed by atoms with van der Waals surface area (Å²) in [5.74, 6) is -2.00. The molecule has 7 nitrogen and oxygen atoms in total. The Balaban J connectivity index is 2.65. The van der Waals surface area contributed by atoms with Gasteiger partial charge in [-0.05, 0) is 19.8 Å². The van der Waals surface area contributed by atoms with Gasteiger partial charge in [-0.2, -0.15) is 21.6 Å². The highest BCUT2D eigenvalue weighted by Crippen LogP contribution is 2.30. The molecule has 0 spiro atoms. The van der Waals surface area contributed by atoms with E-state index in [0.29, 0.717) is 18.9 Å². The van der Waals surface area contributed by atoms with Crippen molar-refractivity contribution in [1.29, 1.82) is 0 Å². The molecule has 0 N–H and O–H groups in total. The number of hydrogen-bond acceptors (Lipinski definition) is 6. The molecule has 1 aliphatic heterocycles. The van der Waals surface area contributed by atoms with E-state index in [9.17, 15) is 31.2 Å². The van der Waals surface area contributed by atoms with Crippen molar-refractivity contribution in [3.8, 4) is 5.75 Å². The van der Waals surface area contributed by atoms with Crippen molar-refractivity contribution >= 4 is 16.1 Å². The lowest BCUT2D eigenvalue weighted by atomic mass is 10.1. The summed E-state index contributed by atoms with van der Waals surface area (Å²) < 4.78 is 68.9. The van der Waals surface area contributed by atoms with E-state index in [2.05, 4.69) is 8.92 Å². The molecular weight excluding hydrogens is 343 g/mol.